The molecule has 0 saturated carbocycles. The van der Waals surface area contributed by atoms with E-state index >= 15 is 0 Å². The fourth-order valence-corrected chi connectivity index (χ4v) is 2.87. The highest BCUT2D eigenvalue weighted by atomic mass is 32.2. The number of hydrogen-bond acceptors (Lipinski definition) is 4. The molecular weight excluding hydrogens is 256 g/mol. The van der Waals surface area contributed by atoms with E-state index in [1.807, 2.05) is 0 Å². The van der Waals surface area contributed by atoms with Crippen molar-refractivity contribution in [1.29, 1.82) is 0 Å². The third kappa shape index (κ3) is 5.62. The molecule has 2 N–H and O–H groups in total. The SMILES string of the molecule is CN(CCCO)S(=O)(=O)NCCC1CCCCO1. The van der Waals surface area contributed by atoms with Crippen molar-refractivity contribution in [2.45, 2.75) is 38.2 Å². The fraction of sp³-hybridized carbons (Fsp3) is 1.00. The Labute approximate surface area is 109 Å². The Morgan fingerprint density at radius 1 is 1.44 bits per heavy atom. The van der Waals surface area contributed by atoms with Crippen LogP contribution in [0.4, 0.5) is 0 Å². The maximum atomic E-state index is 11.8. The quantitative estimate of drug-likeness (QED) is 0.661. The summed E-state index contributed by atoms with van der Waals surface area (Å²) in [5.41, 5.74) is 0. The summed E-state index contributed by atoms with van der Waals surface area (Å²) in [5, 5.41) is 8.67. The van der Waals surface area contributed by atoms with Crippen molar-refractivity contribution in [3.63, 3.8) is 0 Å². The van der Waals surface area contributed by atoms with Gasteiger partial charge in [0.15, 0.2) is 0 Å². The summed E-state index contributed by atoms with van der Waals surface area (Å²) in [4.78, 5) is 0. The Kier molecular flexibility index (Phi) is 7.10. The molecule has 0 aromatic heterocycles. The summed E-state index contributed by atoms with van der Waals surface area (Å²) >= 11 is 0. The maximum Gasteiger partial charge on any atom is 0.279 e. The molecule has 0 radical (unpaired) electrons. The van der Waals surface area contributed by atoms with E-state index < -0.39 is 10.2 Å². The first-order valence-electron chi connectivity index (χ1n) is 6.49. The van der Waals surface area contributed by atoms with Gasteiger partial charge in [-0.2, -0.15) is 12.7 Å². The Hall–Kier alpha value is -0.210. The van der Waals surface area contributed by atoms with Gasteiger partial charge < -0.3 is 9.84 Å². The molecule has 1 unspecified atom stereocenters. The maximum absolute atomic E-state index is 11.8. The molecule has 1 atom stereocenters. The molecule has 0 aromatic carbocycles. The van der Waals surface area contributed by atoms with Crippen molar-refractivity contribution in [1.82, 2.24) is 9.03 Å². The van der Waals surface area contributed by atoms with Crippen LogP contribution in [-0.4, -0.2) is 57.3 Å². The van der Waals surface area contributed by atoms with Gasteiger partial charge in [0.1, 0.15) is 0 Å². The number of ether oxygens (including phenoxy) is 1. The smallest absolute Gasteiger partial charge is 0.279 e. The van der Waals surface area contributed by atoms with Crippen LogP contribution in [0.2, 0.25) is 0 Å². The molecule has 0 aromatic rings. The Balaban J connectivity index is 2.23. The van der Waals surface area contributed by atoms with Gasteiger partial charge in [-0.3, -0.25) is 0 Å². The van der Waals surface area contributed by atoms with Crippen molar-refractivity contribution < 1.29 is 18.3 Å². The van der Waals surface area contributed by atoms with Crippen LogP contribution >= 0.6 is 0 Å². The van der Waals surface area contributed by atoms with Crippen molar-refractivity contribution >= 4 is 10.2 Å². The van der Waals surface area contributed by atoms with Crippen LogP contribution in [0.15, 0.2) is 0 Å². The number of rotatable bonds is 8. The third-order valence-electron chi connectivity index (χ3n) is 3.07. The first-order chi connectivity index (χ1) is 8.56. The second-order valence-corrected chi connectivity index (χ2v) is 6.44. The molecule has 0 spiro atoms. The van der Waals surface area contributed by atoms with E-state index in [2.05, 4.69) is 4.72 Å². The highest BCUT2D eigenvalue weighted by molar-refractivity contribution is 7.87. The molecule has 0 amide bonds. The van der Waals surface area contributed by atoms with Gasteiger partial charge in [0, 0.05) is 33.4 Å². The highest BCUT2D eigenvalue weighted by Gasteiger charge is 2.18. The first kappa shape index (κ1) is 15.8. The molecule has 1 saturated heterocycles. The van der Waals surface area contributed by atoms with Crippen LogP contribution in [-0.2, 0) is 14.9 Å². The summed E-state index contributed by atoms with van der Waals surface area (Å²) in [7, 11) is -1.91. The Morgan fingerprint density at radius 3 is 2.83 bits per heavy atom. The molecule has 1 fully saturated rings. The predicted molar refractivity (Wildman–Crippen MR) is 69.5 cm³/mol. The normalized spacial score (nSPS) is 21.4. The lowest BCUT2D eigenvalue weighted by Crippen LogP contribution is -2.40. The zero-order chi connectivity index (χ0) is 13.4. The zero-order valence-corrected chi connectivity index (χ0v) is 11.8. The van der Waals surface area contributed by atoms with Gasteiger partial charge in [-0.15, -0.1) is 0 Å². The standard InChI is InChI=1S/C11H24N2O4S/c1-13(8-4-9-14)18(15,16)12-7-6-11-5-2-3-10-17-11/h11-12,14H,2-10H2,1H3. The van der Waals surface area contributed by atoms with Gasteiger partial charge in [0.05, 0.1) is 6.10 Å². The predicted octanol–water partition coefficient (Wildman–Crippen LogP) is 0.0942. The van der Waals surface area contributed by atoms with Gasteiger partial charge in [-0.1, -0.05) is 0 Å². The van der Waals surface area contributed by atoms with Gasteiger partial charge in [0.2, 0.25) is 0 Å². The van der Waals surface area contributed by atoms with Crippen molar-refractivity contribution in [2.24, 2.45) is 0 Å². The number of nitrogens with one attached hydrogen (secondary N) is 1. The lowest BCUT2D eigenvalue weighted by molar-refractivity contribution is 0.0123. The van der Waals surface area contributed by atoms with E-state index in [0.29, 0.717) is 25.9 Å². The minimum absolute atomic E-state index is 0.00419. The molecule has 1 aliphatic heterocycles. The van der Waals surface area contributed by atoms with Crippen LogP contribution in [0.3, 0.4) is 0 Å². The molecular formula is C11H24N2O4S. The fourth-order valence-electron chi connectivity index (χ4n) is 1.91. The van der Waals surface area contributed by atoms with E-state index in [0.717, 1.165) is 25.9 Å². The summed E-state index contributed by atoms with van der Waals surface area (Å²) < 4.78 is 32.9. The number of aliphatic hydroxyl groups is 1. The van der Waals surface area contributed by atoms with Crippen LogP contribution in [0.1, 0.15) is 32.1 Å². The topological polar surface area (TPSA) is 78.9 Å². The number of hydrogen-bond donors (Lipinski definition) is 2. The lowest BCUT2D eigenvalue weighted by Gasteiger charge is -2.23. The van der Waals surface area contributed by atoms with Crippen LogP contribution in [0, 0.1) is 0 Å². The monoisotopic (exact) mass is 280 g/mol. The van der Waals surface area contributed by atoms with Crippen LogP contribution in [0.25, 0.3) is 0 Å². The molecule has 7 heteroatoms. The van der Waals surface area contributed by atoms with E-state index in [9.17, 15) is 8.42 Å². The van der Waals surface area contributed by atoms with E-state index in [1.165, 1.54) is 11.4 Å². The first-order valence-corrected chi connectivity index (χ1v) is 7.93. The molecule has 0 bridgehead atoms. The summed E-state index contributed by atoms with van der Waals surface area (Å²) in [6.07, 6.45) is 4.63. The largest absolute Gasteiger partial charge is 0.396 e. The van der Waals surface area contributed by atoms with Gasteiger partial charge >= 0.3 is 0 Å². The van der Waals surface area contributed by atoms with E-state index in [-0.39, 0.29) is 12.7 Å². The van der Waals surface area contributed by atoms with Crippen molar-refractivity contribution in [3.05, 3.63) is 0 Å². The summed E-state index contributed by atoms with van der Waals surface area (Å²) in [6, 6.07) is 0. The van der Waals surface area contributed by atoms with Gasteiger partial charge in [0.25, 0.3) is 10.2 Å². The molecule has 0 aliphatic carbocycles. The molecule has 18 heavy (non-hydrogen) atoms. The second-order valence-electron chi connectivity index (χ2n) is 4.58. The van der Waals surface area contributed by atoms with E-state index in [4.69, 9.17) is 9.84 Å². The third-order valence-corrected chi connectivity index (χ3v) is 4.64. The lowest BCUT2D eigenvalue weighted by atomic mass is 10.1. The minimum atomic E-state index is -3.42. The van der Waals surface area contributed by atoms with Gasteiger partial charge in [-0.25, -0.2) is 4.72 Å². The number of nitrogens with zero attached hydrogens (tertiary/aromatic N) is 1. The second kappa shape index (κ2) is 8.06. The van der Waals surface area contributed by atoms with E-state index in [1.54, 1.807) is 0 Å². The summed E-state index contributed by atoms with van der Waals surface area (Å²) in [5.74, 6) is 0. The molecule has 1 aliphatic rings. The molecule has 108 valence electrons. The highest BCUT2D eigenvalue weighted by Crippen LogP contribution is 2.15. The van der Waals surface area contributed by atoms with Crippen molar-refractivity contribution in [2.75, 3.05) is 33.4 Å². The van der Waals surface area contributed by atoms with Crippen LogP contribution < -0.4 is 4.72 Å². The number of aliphatic hydroxyl groups excluding tert-OH is 1. The average molecular weight is 280 g/mol. The Bertz CT molecular complexity index is 315. The molecule has 1 rings (SSSR count). The minimum Gasteiger partial charge on any atom is -0.396 e. The Morgan fingerprint density at radius 2 is 2.22 bits per heavy atom. The van der Waals surface area contributed by atoms with Gasteiger partial charge in [-0.05, 0) is 32.1 Å². The van der Waals surface area contributed by atoms with Crippen LogP contribution in [0.5, 0.6) is 0 Å². The van der Waals surface area contributed by atoms with Crippen molar-refractivity contribution in [3.8, 4) is 0 Å². The molecule has 6 nitrogen and oxygen atoms in total. The average Bonchev–Trinajstić information content (AvgIpc) is 2.37. The molecule has 1 heterocycles. The zero-order valence-electron chi connectivity index (χ0n) is 11.0. The summed E-state index contributed by atoms with van der Waals surface area (Å²) in [6.45, 7) is 1.51.